The van der Waals surface area contributed by atoms with Crippen molar-refractivity contribution in [3.63, 3.8) is 0 Å². The molecule has 2 heterocycles. The van der Waals surface area contributed by atoms with Crippen LogP contribution in [0, 0.1) is 0 Å². The normalized spacial score (nSPS) is 15.5. The van der Waals surface area contributed by atoms with Gasteiger partial charge in [-0.2, -0.15) is 0 Å². The van der Waals surface area contributed by atoms with Crippen LogP contribution in [0.5, 0.6) is 11.5 Å². The Hall–Kier alpha value is -3.27. The van der Waals surface area contributed by atoms with Crippen molar-refractivity contribution in [2.45, 2.75) is 11.3 Å². The molecular weight excluding hydrogens is 362 g/mol. The molecule has 2 aromatic carbocycles. The molecule has 0 unspecified atom stereocenters. The predicted molar refractivity (Wildman–Crippen MR) is 91.7 cm³/mol. The van der Waals surface area contributed by atoms with E-state index in [-0.39, 0.29) is 23.8 Å². The number of carbonyl (C=O) groups is 2. The Kier molecular flexibility index (Phi) is 3.69. The lowest BCUT2D eigenvalue weighted by molar-refractivity contribution is -0.123. The third-order valence-corrected chi connectivity index (χ3v) is 5.17. The van der Waals surface area contributed by atoms with Gasteiger partial charge in [0.2, 0.25) is 18.6 Å². The van der Waals surface area contributed by atoms with Crippen molar-refractivity contribution in [1.82, 2.24) is 0 Å². The van der Waals surface area contributed by atoms with Gasteiger partial charge in [0.15, 0.2) is 11.5 Å². The molecule has 2 aromatic rings. The van der Waals surface area contributed by atoms with Crippen LogP contribution in [0.25, 0.3) is 0 Å². The first-order valence-corrected chi connectivity index (χ1v) is 9.05. The van der Waals surface area contributed by atoms with Gasteiger partial charge in [0.1, 0.15) is 6.42 Å². The van der Waals surface area contributed by atoms with Crippen LogP contribution >= 0.6 is 0 Å². The number of ether oxygens (including phenoxy) is 2. The molecule has 3 N–H and O–H groups in total. The minimum atomic E-state index is -3.92. The van der Waals surface area contributed by atoms with Crippen LogP contribution in [-0.4, -0.2) is 27.0 Å². The van der Waals surface area contributed by atoms with Crippen LogP contribution in [0.4, 0.5) is 17.1 Å². The minimum absolute atomic E-state index is 0.0645. The van der Waals surface area contributed by atoms with E-state index in [1.165, 1.54) is 24.3 Å². The SMILES string of the molecule is O=C1CC(=O)Nc2cc(S(=O)(=O)Nc3ccc4c(c3)OCO4)ccc2N1. The highest BCUT2D eigenvalue weighted by Gasteiger charge is 2.22. The monoisotopic (exact) mass is 375 g/mol. The van der Waals surface area contributed by atoms with Crippen LogP contribution in [0.3, 0.4) is 0 Å². The molecular formula is C16H13N3O6S. The molecule has 26 heavy (non-hydrogen) atoms. The summed E-state index contributed by atoms with van der Waals surface area (Å²) in [6, 6.07) is 8.72. The summed E-state index contributed by atoms with van der Waals surface area (Å²) in [6.07, 6.45) is -0.327. The molecule has 0 saturated heterocycles. The maximum atomic E-state index is 12.6. The number of nitrogens with one attached hydrogen (secondary N) is 3. The Morgan fingerprint density at radius 2 is 1.62 bits per heavy atom. The summed E-state index contributed by atoms with van der Waals surface area (Å²) in [5.74, 6) is 0.00778. The fourth-order valence-electron chi connectivity index (χ4n) is 2.61. The average Bonchev–Trinajstić information content (AvgIpc) is 2.97. The zero-order valence-electron chi connectivity index (χ0n) is 13.2. The third kappa shape index (κ3) is 3.02. The molecule has 0 aliphatic carbocycles. The number of anilines is 3. The Morgan fingerprint density at radius 1 is 0.885 bits per heavy atom. The first kappa shape index (κ1) is 16.2. The summed E-state index contributed by atoms with van der Waals surface area (Å²) in [5, 5.41) is 5.05. The quantitative estimate of drug-likeness (QED) is 0.699. The molecule has 0 saturated carbocycles. The van der Waals surface area contributed by atoms with Crippen LogP contribution in [-0.2, 0) is 19.6 Å². The van der Waals surface area contributed by atoms with Crippen LogP contribution in [0.15, 0.2) is 41.3 Å². The van der Waals surface area contributed by atoms with E-state index in [1.807, 2.05) is 0 Å². The molecule has 9 nitrogen and oxygen atoms in total. The van der Waals surface area contributed by atoms with E-state index in [4.69, 9.17) is 9.47 Å². The van der Waals surface area contributed by atoms with E-state index in [0.29, 0.717) is 22.9 Å². The molecule has 2 amide bonds. The van der Waals surface area contributed by atoms with Crippen molar-refractivity contribution in [2.24, 2.45) is 0 Å². The highest BCUT2D eigenvalue weighted by Crippen LogP contribution is 2.35. The van der Waals surface area contributed by atoms with Gasteiger partial charge in [0.05, 0.1) is 22.0 Å². The van der Waals surface area contributed by atoms with Crippen LogP contribution in [0.2, 0.25) is 0 Å². The molecule has 4 rings (SSSR count). The molecule has 10 heteroatoms. The second kappa shape index (κ2) is 5.92. The molecule has 0 atom stereocenters. The topological polar surface area (TPSA) is 123 Å². The first-order chi connectivity index (χ1) is 12.4. The van der Waals surface area contributed by atoms with Crippen LogP contribution < -0.4 is 24.8 Å². The summed E-state index contributed by atoms with van der Waals surface area (Å²) in [6.45, 7) is 0.0851. The van der Waals surface area contributed by atoms with E-state index >= 15 is 0 Å². The highest BCUT2D eigenvalue weighted by molar-refractivity contribution is 7.92. The van der Waals surface area contributed by atoms with Gasteiger partial charge in [0, 0.05) is 6.07 Å². The smallest absolute Gasteiger partial charge is 0.261 e. The number of amides is 2. The lowest BCUT2D eigenvalue weighted by Gasteiger charge is -2.12. The Balaban J connectivity index is 1.64. The summed E-state index contributed by atoms with van der Waals surface area (Å²) < 4.78 is 38.1. The number of rotatable bonds is 3. The number of hydrogen-bond acceptors (Lipinski definition) is 6. The van der Waals surface area contributed by atoms with E-state index < -0.39 is 21.8 Å². The summed E-state index contributed by atoms with van der Waals surface area (Å²) in [5.41, 5.74) is 0.860. The number of benzene rings is 2. The summed E-state index contributed by atoms with van der Waals surface area (Å²) in [7, 11) is -3.92. The van der Waals surface area contributed by atoms with Gasteiger partial charge in [-0.05, 0) is 30.3 Å². The molecule has 0 aromatic heterocycles. The Bertz CT molecular complexity index is 1030. The van der Waals surface area contributed by atoms with Crippen molar-refractivity contribution < 1.29 is 27.5 Å². The van der Waals surface area contributed by atoms with Gasteiger partial charge in [-0.1, -0.05) is 0 Å². The van der Waals surface area contributed by atoms with E-state index in [9.17, 15) is 18.0 Å². The zero-order chi connectivity index (χ0) is 18.3. The molecule has 0 spiro atoms. The first-order valence-electron chi connectivity index (χ1n) is 7.57. The van der Waals surface area contributed by atoms with Crippen molar-refractivity contribution >= 4 is 38.9 Å². The average molecular weight is 375 g/mol. The largest absolute Gasteiger partial charge is 0.454 e. The number of fused-ring (bicyclic) bond motifs is 2. The van der Waals surface area contributed by atoms with Crippen molar-refractivity contribution in [1.29, 1.82) is 0 Å². The molecule has 0 fully saturated rings. The van der Waals surface area contributed by atoms with Gasteiger partial charge in [0.25, 0.3) is 10.0 Å². The molecule has 0 bridgehead atoms. The third-order valence-electron chi connectivity index (χ3n) is 3.80. The fraction of sp³-hybridized carbons (Fsp3) is 0.125. The van der Waals surface area contributed by atoms with Crippen LogP contribution in [0.1, 0.15) is 6.42 Å². The zero-order valence-corrected chi connectivity index (χ0v) is 14.1. The Morgan fingerprint density at radius 3 is 2.42 bits per heavy atom. The van der Waals surface area contributed by atoms with Gasteiger partial charge in [-0.15, -0.1) is 0 Å². The second-order valence-electron chi connectivity index (χ2n) is 5.65. The van der Waals surface area contributed by atoms with Crippen molar-refractivity contribution in [2.75, 3.05) is 22.1 Å². The van der Waals surface area contributed by atoms with Gasteiger partial charge in [-0.3, -0.25) is 14.3 Å². The van der Waals surface area contributed by atoms with E-state index in [1.54, 1.807) is 12.1 Å². The molecule has 2 aliphatic heterocycles. The van der Waals surface area contributed by atoms with E-state index in [2.05, 4.69) is 15.4 Å². The molecule has 0 radical (unpaired) electrons. The van der Waals surface area contributed by atoms with Gasteiger partial charge in [-0.25, -0.2) is 8.42 Å². The second-order valence-corrected chi connectivity index (χ2v) is 7.34. The summed E-state index contributed by atoms with van der Waals surface area (Å²) in [4.78, 5) is 23.1. The fourth-order valence-corrected chi connectivity index (χ4v) is 3.69. The predicted octanol–water partition coefficient (Wildman–Crippen LogP) is 1.50. The lowest BCUT2D eigenvalue weighted by Crippen LogP contribution is -2.16. The van der Waals surface area contributed by atoms with Crippen molar-refractivity contribution in [3.05, 3.63) is 36.4 Å². The number of carbonyl (C=O) groups excluding carboxylic acids is 2. The standard InChI is InChI=1S/C16H13N3O6S/c20-15-7-16(21)18-12-6-10(2-3-11(12)17-15)26(22,23)19-9-1-4-13-14(5-9)25-8-24-13/h1-6,19H,7-8H2,(H,17,20)(H,18,21). The maximum absolute atomic E-state index is 12.6. The number of hydrogen-bond donors (Lipinski definition) is 3. The summed E-state index contributed by atoms with van der Waals surface area (Å²) >= 11 is 0. The molecule has 2 aliphatic rings. The lowest BCUT2D eigenvalue weighted by atomic mass is 10.2. The Labute approximate surface area is 148 Å². The molecule has 134 valence electrons. The van der Waals surface area contributed by atoms with Gasteiger partial charge >= 0.3 is 0 Å². The van der Waals surface area contributed by atoms with Crippen molar-refractivity contribution in [3.8, 4) is 11.5 Å². The highest BCUT2D eigenvalue weighted by atomic mass is 32.2. The van der Waals surface area contributed by atoms with E-state index in [0.717, 1.165) is 0 Å². The number of sulfonamides is 1. The maximum Gasteiger partial charge on any atom is 0.261 e. The minimum Gasteiger partial charge on any atom is -0.454 e. The van der Waals surface area contributed by atoms with Gasteiger partial charge < -0.3 is 20.1 Å².